The Hall–Kier alpha value is -1.03. The first-order valence-electron chi connectivity index (χ1n) is 5.39. The first-order valence-corrected chi connectivity index (χ1v) is 5.39. The lowest BCUT2D eigenvalue weighted by Gasteiger charge is -2.16. The minimum atomic E-state index is -4.24. The summed E-state index contributed by atoms with van der Waals surface area (Å²) in [6, 6.07) is 5.65. The first-order chi connectivity index (χ1) is 7.48. The molecule has 0 radical (unpaired) electrons. The zero-order valence-corrected chi connectivity index (χ0v) is 9.01. The Labute approximate surface area is 92.7 Å². The molecular weight excluding hydrogens is 215 g/mol. The van der Waals surface area contributed by atoms with Gasteiger partial charge in [-0.25, -0.2) is 0 Å². The highest BCUT2D eigenvalue weighted by molar-refractivity contribution is 5.27. The van der Waals surface area contributed by atoms with Gasteiger partial charge in [0.25, 0.3) is 0 Å². The summed E-state index contributed by atoms with van der Waals surface area (Å²) in [6.45, 7) is 3.05. The molecule has 0 bridgehead atoms. The summed E-state index contributed by atoms with van der Waals surface area (Å²) >= 11 is 0. The van der Waals surface area contributed by atoms with Gasteiger partial charge >= 0.3 is 6.18 Å². The monoisotopic (exact) mass is 229 g/mol. The van der Waals surface area contributed by atoms with Crippen LogP contribution >= 0.6 is 0 Å². The van der Waals surface area contributed by atoms with E-state index in [-0.39, 0.29) is 6.04 Å². The van der Waals surface area contributed by atoms with Gasteiger partial charge in [0.2, 0.25) is 0 Å². The van der Waals surface area contributed by atoms with Crippen LogP contribution in [0.15, 0.2) is 24.3 Å². The van der Waals surface area contributed by atoms with Crippen molar-refractivity contribution in [2.75, 3.05) is 6.54 Å². The van der Waals surface area contributed by atoms with Crippen molar-refractivity contribution >= 4 is 0 Å². The fourth-order valence-electron chi connectivity index (χ4n) is 2.16. The molecule has 0 unspecified atom stereocenters. The van der Waals surface area contributed by atoms with Crippen LogP contribution in [0.1, 0.15) is 30.5 Å². The Morgan fingerprint density at radius 2 is 1.81 bits per heavy atom. The van der Waals surface area contributed by atoms with Gasteiger partial charge < -0.3 is 5.32 Å². The van der Waals surface area contributed by atoms with Crippen molar-refractivity contribution in [2.45, 2.75) is 25.6 Å². The standard InChI is InChI=1S/C12H14F3N/c1-8-6-7-16-11(8)9-2-4-10(5-3-9)12(13,14)15/h2-5,8,11,16H,6-7H2,1H3/t8-,11+/m1/s1. The van der Waals surface area contributed by atoms with E-state index in [0.29, 0.717) is 5.92 Å². The second-order valence-corrected chi connectivity index (χ2v) is 4.32. The molecule has 1 aliphatic rings. The van der Waals surface area contributed by atoms with Gasteiger partial charge in [0, 0.05) is 6.04 Å². The molecule has 0 amide bonds. The van der Waals surface area contributed by atoms with Crippen LogP contribution in [-0.2, 0) is 6.18 Å². The van der Waals surface area contributed by atoms with Gasteiger partial charge in [-0.3, -0.25) is 0 Å². The third-order valence-electron chi connectivity index (χ3n) is 3.13. The normalized spacial score (nSPS) is 26.0. The number of hydrogen-bond acceptors (Lipinski definition) is 1. The number of halogens is 3. The minimum absolute atomic E-state index is 0.197. The van der Waals surface area contributed by atoms with E-state index in [2.05, 4.69) is 12.2 Å². The molecule has 4 heteroatoms. The lowest BCUT2D eigenvalue weighted by Crippen LogP contribution is -2.16. The molecule has 0 saturated carbocycles. The number of benzene rings is 1. The second-order valence-electron chi connectivity index (χ2n) is 4.32. The topological polar surface area (TPSA) is 12.0 Å². The van der Waals surface area contributed by atoms with Crippen molar-refractivity contribution in [2.24, 2.45) is 5.92 Å². The van der Waals surface area contributed by atoms with Gasteiger partial charge in [-0.1, -0.05) is 19.1 Å². The largest absolute Gasteiger partial charge is 0.416 e. The smallest absolute Gasteiger partial charge is 0.310 e. The summed E-state index contributed by atoms with van der Waals surface area (Å²) in [4.78, 5) is 0. The molecule has 2 rings (SSSR count). The summed E-state index contributed by atoms with van der Waals surface area (Å²) in [7, 11) is 0. The molecule has 88 valence electrons. The van der Waals surface area contributed by atoms with Crippen molar-refractivity contribution in [3.8, 4) is 0 Å². The summed E-state index contributed by atoms with van der Waals surface area (Å²) in [5.74, 6) is 0.483. The molecule has 0 aliphatic carbocycles. The lowest BCUT2D eigenvalue weighted by molar-refractivity contribution is -0.137. The highest BCUT2D eigenvalue weighted by Crippen LogP contribution is 2.33. The Kier molecular flexibility index (Phi) is 2.93. The average molecular weight is 229 g/mol. The maximum atomic E-state index is 12.4. The molecule has 1 heterocycles. The lowest BCUT2D eigenvalue weighted by atomic mass is 9.95. The molecule has 1 nitrogen and oxygen atoms in total. The number of hydrogen-bond donors (Lipinski definition) is 1. The zero-order valence-electron chi connectivity index (χ0n) is 9.01. The first kappa shape index (κ1) is 11.5. The molecule has 16 heavy (non-hydrogen) atoms. The van der Waals surface area contributed by atoms with Crippen LogP contribution in [0.3, 0.4) is 0 Å². The van der Waals surface area contributed by atoms with Crippen LogP contribution in [-0.4, -0.2) is 6.54 Å². The third-order valence-corrected chi connectivity index (χ3v) is 3.13. The number of nitrogens with one attached hydrogen (secondary N) is 1. The summed E-state index contributed by atoms with van der Waals surface area (Å²) in [5, 5.41) is 3.30. The van der Waals surface area contributed by atoms with E-state index < -0.39 is 11.7 Å². The summed E-state index contributed by atoms with van der Waals surface area (Å²) in [6.07, 6.45) is -3.17. The predicted octanol–water partition coefficient (Wildman–Crippen LogP) is 3.38. The van der Waals surface area contributed by atoms with Gasteiger partial charge in [-0.15, -0.1) is 0 Å². The van der Waals surface area contributed by atoms with Crippen LogP contribution in [0.25, 0.3) is 0 Å². The molecule has 2 atom stereocenters. The van der Waals surface area contributed by atoms with E-state index in [1.54, 1.807) is 12.1 Å². The SMILES string of the molecule is C[C@@H]1CCN[C@@H]1c1ccc(C(F)(F)F)cc1. The molecule has 0 spiro atoms. The third kappa shape index (κ3) is 2.21. The average Bonchev–Trinajstić information content (AvgIpc) is 2.63. The number of rotatable bonds is 1. The Balaban J connectivity index is 2.19. The van der Waals surface area contributed by atoms with Gasteiger partial charge in [0.1, 0.15) is 0 Å². The van der Waals surface area contributed by atoms with E-state index in [0.717, 1.165) is 30.7 Å². The van der Waals surface area contributed by atoms with E-state index in [9.17, 15) is 13.2 Å². The highest BCUT2D eigenvalue weighted by atomic mass is 19.4. The van der Waals surface area contributed by atoms with Crippen molar-refractivity contribution in [3.63, 3.8) is 0 Å². The van der Waals surface area contributed by atoms with Crippen molar-refractivity contribution in [1.29, 1.82) is 0 Å². The summed E-state index contributed by atoms with van der Waals surface area (Å²) in [5.41, 5.74) is 0.361. The molecule has 1 fully saturated rings. The predicted molar refractivity (Wildman–Crippen MR) is 56.0 cm³/mol. The van der Waals surface area contributed by atoms with Crippen LogP contribution in [0, 0.1) is 5.92 Å². The molecule has 1 N–H and O–H groups in total. The fraction of sp³-hybridized carbons (Fsp3) is 0.500. The summed E-state index contributed by atoms with van der Waals surface area (Å²) < 4.78 is 37.1. The van der Waals surface area contributed by atoms with Crippen LogP contribution in [0.2, 0.25) is 0 Å². The Bertz CT molecular complexity index is 356. The highest BCUT2D eigenvalue weighted by Gasteiger charge is 2.31. The second kappa shape index (κ2) is 4.09. The molecule has 1 aromatic rings. The maximum Gasteiger partial charge on any atom is 0.416 e. The van der Waals surface area contributed by atoms with E-state index in [1.807, 2.05) is 0 Å². The molecule has 1 aliphatic heterocycles. The van der Waals surface area contributed by atoms with Gasteiger partial charge in [-0.2, -0.15) is 13.2 Å². The molecule has 0 aromatic heterocycles. The van der Waals surface area contributed by atoms with E-state index in [1.165, 1.54) is 0 Å². The quantitative estimate of drug-likeness (QED) is 0.778. The van der Waals surface area contributed by atoms with Gasteiger partial charge in [-0.05, 0) is 36.6 Å². The fourth-order valence-corrected chi connectivity index (χ4v) is 2.16. The molecular formula is C12H14F3N. The van der Waals surface area contributed by atoms with Gasteiger partial charge in [0.05, 0.1) is 5.56 Å². The van der Waals surface area contributed by atoms with Crippen LogP contribution < -0.4 is 5.32 Å². The van der Waals surface area contributed by atoms with E-state index >= 15 is 0 Å². The molecule has 1 aromatic carbocycles. The van der Waals surface area contributed by atoms with Crippen LogP contribution in [0.4, 0.5) is 13.2 Å². The minimum Gasteiger partial charge on any atom is -0.310 e. The maximum absolute atomic E-state index is 12.4. The Morgan fingerprint density at radius 3 is 2.25 bits per heavy atom. The zero-order chi connectivity index (χ0) is 11.8. The number of alkyl halides is 3. The van der Waals surface area contributed by atoms with Gasteiger partial charge in [0.15, 0.2) is 0 Å². The Morgan fingerprint density at radius 1 is 1.19 bits per heavy atom. The van der Waals surface area contributed by atoms with Crippen molar-refractivity contribution in [3.05, 3.63) is 35.4 Å². The van der Waals surface area contributed by atoms with Crippen molar-refractivity contribution < 1.29 is 13.2 Å². The van der Waals surface area contributed by atoms with E-state index in [4.69, 9.17) is 0 Å². The molecule has 1 saturated heterocycles. The van der Waals surface area contributed by atoms with Crippen molar-refractivity contribution in [1.82, 2.24) is 5.32 Å². The van der Waals surface area contributed by atoms with Crippen LogP contribution in [0.5, 0.6) is 0 Å².